The van der Waals surface area contributed by atoms with Crippen molar-refractivity contribution in [3.63, 3.8) is 0 Å². The van der Waals surface area contributed by atoms with Crippen molar-refractivity contribution in [2.24, 2.45) is 0 Å². The van der Waals surface area contributed by atoms with Gasteiger partial charge in [0.2, 0.25) is 0 Å². The lowest BCUT2D eigenvalue weighted by Crippen LogP contribution is -2.39. The SMILES string of the molecule is C=CCON1C(=O)N2CC1C(I)=C[C@H]2CBOC=N. The summed E-state index contributed by atoms with van der Waals surface area (Å²) in [5.74, 6) is 0. The van der Waals surface area contributed by atoms with E-state index in [0.717, 1.165) is 9.98 Å². The Bertz CT molecular complexity index is 418. The second kappa shape index (κ2) is 6.42. The molecule has 0 aromatic heterocycles. The second-order valence-electron chi connectivity index (χ2n) is 4.26. The van der Waals surface area contributed by atoms with Crippen LogP contribution < -0.4 is 0 Å². The Hall–Kier alpha value is -1.03. The zero-order chi connectivity index (χ0) is 13.8. The van der Waals surface area contributed by atoms with Gasteiger partial charge in [0.1, 0.15) is 12.4 Å². The number of nitrogens with one attached hydrogen (secondary N) is 1. The van der Waals surface area contributed by atoms with Gasteiger partial charge in [0.25, 0.3) is 0 Å². The molecule has 2 aliphatic rings. The number of hydroxylamine groups is 2. The van der Waals surface area contributed by atoms with E-state index in [9.17, 15) is 4.79 Å². The second-order valence-corrected chi connectivity index (χ2v) is 5.50. The van der Waals surface area contributed by atoms with Gasteiger partial charge in [-0.05, 0) is 28.9 Å². The number of hydrogen-bond acceptors (Lipinski definition) is 4. The number of halogens is 1. The fraction of sp³-hybridized carbons (Fsp3) is 0.455. The van der Waals surface area contributed by atoms with Crippen LogP contribution in [0.1, 0.15) is 0 Å². The molecule has 2 atom stereocenters. The molecule has 6 nitrogen and oxygen atoms in total. The molecule has 2 aliphatic heterocycles. The predicted molar refractivity (Wildman–Crippen MR) is 81.6 cm³/mol. The van der Waals surface area contributed by atoms with Crippen molar-refractivity contribution in [3.8, 4) is 0 Å². The van der Waals surface area contributed by atoms with Crippen LogP contribution in [-0.4, -0.2) is 55.1 Å². The van der Waals surface area contributed by atoms with Crippen LogP contribution in [0, 0.1) is 5.41 Å². The molecule has 0 aliphatic carbocycles. The largest absolute Gasteiger partial charge is 0.557 e. The van der Waals surface area contributed by atoms with Crippen molar-refractivity contribution in [2.75, 3.05) is 13.2 Å². The third-order valence-corrected chi connectivity index (χ3v) is 4.18. The summed E-state index contributed by atoms with van der Waals surface area (Å²) in [7, 11) is 0.427. The highest BCUT2D eigenvalue weighted by molar-refractivity contribution is 14.1. The lowest BCUT2D eigenvalue weighted by Gasteiger charge is -2.27. The van der Waals surface area contributed by atoms with Crippen LogP contribution in [0.15, 0.2) is 22.3 Å². The van der Waals surface area contributed by atoms with Crippen LogP contribution in [0.5, 0.6) is 0 Å². The Labute approximate surface area is 126 Å². The number of amides is 2. The van der Waals surface area contributed by atoms with Crippen LogP contribution in [0.2, 0.25) is 6.32 Å². The molecule has 1 saturated heterocycles. The Balaban J connectivity index is 2.05. The van der Waals surface area contributed by atoms with Crippen molar-refractivity contribution < 1.29 is 14.3 Å². The molecule has 1 N–H and O–H groups in total. The molecule has 0 spiro atoms. The summed E-state index contributed by atoms with van der Waals surface area (Å²) in [4.78, 5) is 19.5. The molecule has 0 radical (unpaired) electrons. The zero-order valence-corrected chi connectivity index (χ0v) is 12.6. The number of fused-ring (bicyclic) bond motifs is 2. The first-order chi connectivity index (χ1) is 9.19. The average Bonchev–Trinajstić information content (AvgIpc) is 2.68. The molecule has 19 heavy (non-hydrogen) atoms. The molecule has 0 aromatic carbocycles. The quantitative estimate of drug-likeness (QED) is 0.182. The van der Waals surface area contributed by atoms with Crippen LogP contribution in [0.25, 0.3) is 0 Å². The number of nitrogens with zero attached hydrogens (tertiary/aromatic N) is 2. The first-order valence-corrected chi connectivity index (χ1v) is 7.08. The van der Waals surface area contributed by atoms with Gasteiger partial charge < -0.3 is 9.55 Å². The summed E-state index contributed by atoms with van der Waals surface area (Å²) in [5, 5.41) is 8.26. The first kappa shape index (κ1) is 14.4. The lowest BCUT2D eigenvalue weighted by molar-refractivity contribution is -0.108. The Kier molecular flexibility index (Phi) is 4.86. The van der Waals surface area contributed by atoms with Crippen LogP contribution >= 0.6 is 22.6 Å². The summed E-state index contributed by atoms with van der Waals surface area (Å²) in [6.45, 7) is 4.55. The molecule has 1 unspecified atom stereocenters. The van der Waals surface area contributed by atoms with E-state index in [2.05, 4.69) is 35.2 Å². The molecule has 1 fully saturated rings. The molecule has 0 aromatic rings. The molecule has 8 heteroatoms. The standard InChI is InChI=1S/C11H15BIN3O3/c1-2-3-19-16-10-6-15(11(16)17)8(4-9(10)13)5-12-18-7-14/h2,4,7-8,10,12,14H,1,3,5-6H2/t8-,10?/m0/s1. The van der Waals surface area contributed by atoms with Crippen molar-refractivity contribution >= 4 is 42.5 Å². The minimum atomic E-state index is -0.116. The molecular weight excluding hydrogens is 360 g/mol. The monoisotopic (exact) mass is 375 g/mol. The molecule has 2 bridgehead atoms. The number of urea groups is 1. The average molecular weight is 375 g/mol. The molecule has 102 valence electrons. The maximum absolute atomic E-state index is 12.3. The highest BCUT2D eigenvalue weighted by Crippen LogP contribution is 2.34. The maximum atomic E-state index is 12.3. The van der Waals surface area contributed by atoms with E-state index >= 15 is 0 Å². The van der Waals surface area contributed by atoms with Gasteiger partial charge in [-0.2, -0.15) is 5.06 Å². The number of carbonyl (C=O) groups excluding carboxylic acids is 1. The van der Waals surface area contributed by atoms with Crippen molar-refractivity contribution in [1.82, 2.24) is 9.96 Å². The number of hydrogen-bond donors (Lipinski definition) is 1. The van der Waals surface area contributed by atoms with Gasteiger partial charge in [-0.25, -0.2) is 4.79 Å². The topological polar surface area (TPSA) is 65.9 Å². The van der Waals surface area contributed by atoms with Gasteiger partial charge in [0.15, 0.2) is 0 Å². The number of carbonyl (C=O) groups is 1. The van der Waals surface area contributed by atoms with Crippen molar-refractivity contribution in [3.05, 3.63) is 22.3 Å². The Morgan fingerprint density at radius 2 is 2.47 bits per heavy atom. The first-order valence-electron chi connectivity index (χ1n) is 6.00. The summed E-state index contributed by atoms with van der Waals surface area (Å²) >= 11 is 2.25. The maximum Gasteiger partial charge on any atom is 0.345 e. The summed E-state index contributed by atoms with van der Waals surface area (Å²) < 4.78 is 6.02. The predicted octanol–water partition coefficient (Wildman–Crippen LogP) is 1.30. The third-order valence-electron chi connectivity index (χ3n) is 3.10. The van der Waals surface area contributed by atoms with Crippen molar-refractivity contribution in [2.45, 2.75) is 18.4 Å². The van der Waals surface area contributed by atoms with E-state index in [1.807, 2.05) is 0 Å². The number of rotatable bonds is 7. The lowest BCUT2D eigenvalue weighted by atomic mass is 9.87. The van der Waals surface area contributed by atoms with E-state index in [0.29, 0.717) is 27.0 Å². The smallest absolute Gasteiger partial charge is 0.345 e. The fourth-order valence-electron chi connectivity index (χ4n) is 2.22. The fourth-order valence-corrected chi connectivity index (χ4v) is 3.09. The Morgan fingerprint density at radius 3 is 3.16 bits per heavy atom. The Morgan fingerprint density at radius 1 is 1.68 bits per heavy atom. The highest BCUT2D eigenvalue weighted by Gasteiger charge is 2.45. The van der Waals surface area contributed by atoms with Gasteiger partial charge >= 0.3 is 13.5 Å². The van der Waals surface area contributed by atoms with Crippen LogP contribution in [-0.2, 0) is 9.49 Å². The summed E-state index contributed by atoms with van der Waals surface area (Å²) in [5.41, 5.74) is 0. The molecule has 2 amide bonds. The summed E-state index contributed by atoms with van der Waals surface area (Å²) in [6.07, 6.45) is 5.29. The summed E-state index contributed by atoms with van der Waals surface area (Å²) in [6, 6.07) is -0.129. The molecule has 2 heterocycles. The van der Waals surface area contributed by atoms with Gasteiger partial charge in [-0.15, -0.1) is 6.58 Å². The minimum Gasteiger partial charge on any atom is -0.557 e. The normalized spacial score (nSPS) is 25.1. The van der Waals surface area contributed by atoms with Gasteiger partial charge in [-0.1, -0.05) is 12.2 Å². The minimum absolute atomic E-state index is 0.00734. The van der Waals surface area contributed by atoms with E-state index in [1.54, 1.807) is 11.0 Å². The van der Waals surface area contributed by atoms with E-state index in [4.69, 9.17) is 14.9 Å². The van der Waals surface area contributed by atoms with E-state index < -0.39 is 0 Å². The molecule has 0 saturated carbocycles. The van der Waals surface area contributed by atoms with Crippen LogP contribution in [0.4, 0.5) is 4.79 Å². The van der Waals surface area contributed by atoms with E-state index in [1.165, 1.54) is 5.06 Å². The third kappa shape index (κ3) is 2.94. The van der Waals surface area contributed by atoms with Gasteiger partial charge in [-0.3, -0.25) is 10.2 Å². The highest BCUT2D eigenvalue weighted by atomic mass is 127. The molecule has 2 rings (SSSR count). The van der Waals surface area contributed by atoms with Crippen molar-refractivity contribution in [1.29, 1.82) is 5.41 Å². The van der Waals surface area contributed by atoms with Crippen LogP contribution in [0.3, 0.4) is 0 Å². The molecular formula is C11H15BIN3O3. The van der Waals surface area contributed by atoms with Gasteiger partial charge in [0, 0.05) is 9.62 Å². The zero-order valence-electron chi connectivity index (χ0n) is 10.4. The van der Waals surface area contributed by atoms with E-state index in [-0.39, 0.29) is 18.1 Å². The van der Waals surface area contributed by atoms with Gasteiger partial charge in [0.05, 0.1) is 13.2 Å².